The average molecular weight is 417 g/mol. The molecule has 2 rings (SSSR count). The molecular weight excluding hydrogens is 388 g/mol. The zero-order chi connectivity index (χ0) is 21.1. The maximum atomic E-state index is 13.0. The number of nitrogens with one attached hydrogen (secondary N) is 1. The first-order valence-corrected chi connectivity index (χ1v) is 10.3. The van der Waals surface area contributed by atoms with Crippen molar-refractivity contribution in [3.05, 3.63) is 70.7 Å². The van der Waals surface area contributed by atoms with E-state index in [4.69, 9.17) is 16.3 Å². The van der Waals surface area contributed by atoms with Gasteiger partial charge in [-0.2, -0.15) is 0 Å². The van der Waals surface area contributed by atoms with Crippen LogP contribution in [0.3, 0.4) is 0 Å². The number of carbonyl (C=O) groups is 2. The molecule has 2 aromatic carbocycles. The van der Waals surface area contributed by atoms with Crippen molar-refractivity contribution in [1.82, 2.24) is 10.2 Å². The smallest absolute Gasteiger partial charge is 0.242 e. The highest BCUT2D eigenvalue weighted by Crippen LogP contribution is 2.15. The van der Waals surface area contributed by atoms with Crippen LogP contribution in [0, 0.1) is 0 Å². The standard InChI is InChI=1S/C23H29ClN2O3/c1-3-29-15-7-14-25-23(28)18(2)26(17-20-10-12-21(24)13-11-20)22(27)16-19-8-5-4-6-9-19/h4-6,8-13,18H,3,7,14-17H2,1-2H3,(H,25,28)/t18-/m1/s1. The molecule has 0 radical (unpaired) electrons. The van der Waals surface area contributed by atoms with Crippen molar-refractivity contribution in [3.63, 3.8) is 0 Å². The Kier molecular flexibility index (Phi) is 9.68. The molecule has 2 aromatic rings. The third-order valence-corrected chi connectivity index (χ3v) is 4.85. The van der Waals surface area contributed by atoms with Crippen molar-refractivity contribution in [2.24, 2.45) is 0 Å². The van der Waals surface area contributed by atoms with Gasteiger partial charge in [-0.05, 0) is 43.5 Å². The van der Waals surface area contributed by atoms with Crippen molar-refractivity contribution >= 4 is 23.4 Å². The lowest BCUT2D eigenvalue weighted by atomic mass is 10.1. The van der Waals surface area contributed by atoms with E-state index in [0.29, 0.717) is 31.3 Å². The van der Waals surface area contributed by atoms with Gasteiger partial charge >= 0.3 is 0 Å². The van der Waals surface area contributed by atoms with Gasteiger partial charge in [0, 0.05) is 31.3 Å². The van der Waals surface area contributed by atoms with Crippen LogP contribution >= 0.6 is 11.6 Å². The van der Waals surface area contributed by atoms with Crippen LogP contribution in [0.5, 0.6) is 0 Å². The maximum absolute atomic E-state index is 13.0. The monoisotopic (exact) mass is 416 g/mol. The van der Waals surface area contributed by atoms with Gasteiger partial charge in [0.25, 0.3) is 0 Å². The number of halogens is 1. The minimum atomic E-state index is -0.589. The molecule has 0 bridgehead atoms. The zero-order valence-corrected chi connectivity index (χ0v) is 17.8. The quantitative estimate of drug-likeness (QED) is 0.566. The minimum Gasteiger partial charge on any atom is -0.382 e. The molecule has 0 spiro atoms. The van der Waals surface area contributed by atoms with Crippen molar-refractivity contribution < 1.29 is 14.3 Å². The SMILES string of the molecule is CCOCCCNC(=O)[C@@H](C)N(Cc1ccc(Cl)cc1)C(=O)Cc1ccccc1. The zero-order valence-electron chi connectivity index (χ0n) is 17.1. The van der Waals surface area contributed by atoms with E-state index in [1.165, 1.54) is 0 Å². The summed E-state index contributed by atoms with van der Waals surface area (Å²) in [5, 5.41) is 3.54. The van der Waals surface area contributed by atoms with Gasteiger partial charge in [0.05, 0.1) is 6.42 Å². The summed E-state index contributed by atoms with van der Waals surface area (Å²) in [6.07, 6.45) is 0.984. The molecule has 1 N–H and O–H groups in total. The molecule has 0 aliphatic heterocycles. The molecule has 0 aromatic heterocycles. The predicted octanol–water partition coefficient (Wildman–Crippen LogP) is 3.84. The van der Waals surface area contributed by atoms with E-state index >= 15 is 0 Å². The summed E-state index contributed by atoms with van der Waals surface area (Å²) in [5.74, 6) is -0.264. The van der Waals surface area contributed by atoms with Gasteiger partial charge in [0.15, 0.2) is 0 Å². The van der Waals surface area contributed by atoms with E-state index in [2.05, 4.69) is 5.32 Å². The van der Waals surface area contributed by atoms with Crippen LogP contribution in [0.4, 0.5) is 0 Å². The molecule has 0 saturated carbocycles. The first-order chi connectivity index (χ1) is 14.0. The number of carbonyl (C=O) groups excluding carboxylic acids is 2. The Morgan fingerprint density at radius 3 is 2.41 bits per heavy atom. The lowest BCUT2D eigenvalue weighted by Crippen LogP contribution is -2.48. The first-order valence-electron chi connectivity index (χ1n) is 9.94. The van der Waals surface area contributed by atoms with Crippen LogP contribution in [-0.2, 0) is 27.3 Å². The van der Waals surface area contributed by atoms with E-state index in [-0.39, 0.29) is 18.2 Å². The Hall–Kier alpha value is -2.37. The Morgan fingerprint density at radius 2 is 1.76 bits per heavy atom. The molecule has 156 valence electrons. The minimum absolute atomic E-state index is 0.0943. The van der Waals surface area contributed by atoms with Gasteiger partial charge in [-0.25, -0.2) is 0 Å². The van der Waals surface area contributed by atoms with E-state index in [0.717, 1.165) is 17.5 Å². The van der Waals surface area contributed by atoms with Gasteiger partial charge < -0.3 is 15.0 Å². The van der Waals surface area contributed by atoms with Gasteiger partial charge in [0.1, 0.15) is 6.04 Å². The lowest BCUT2D eigenvalue weighted by molar-refractivity contribution is -0.140. The van der Waals surface area contributed by atoms with Crippen LogP contribution in [0.1, 0.15) is 31.4 Å². The maximum Gasteiger partial charge on any atom is 0.242 e. The molecule has 6 heteroatoms. The Labute approximate surface area is 178 Å². The molecular formula is C23H29ClN2O3. The summed E-state index contributed by atoms with van der Waals surface area (Å²) >= 11 is 5.97. The number of amides is 2. The van der Waals surface area contributed by atoms with Gasteiger partial charge in [-0.1, -0.05) is 54.1 Å². The first kappa shape index (κ1) is 22.9. The molecule has 0 fully saturated rings. The lowest BCUT2D eigenvalue weighted by Gasteiger charge is -2.29. The number of hydrogen-bond acceptors (Lipinski definition) is 3. The number of nitrogens with zero attached hydrogens (tertiary/aromatic N) is 1. The molecule has 0 unspecified atom stereocenters. The van der Waals surface area contributed by atoms with Crippen LogP contribution < -0.4 is 5.32 Å². The third-order valence-electron chi connectivity index (χ3n) is 4.60. The Balaban J connectivity index is 2.06. The van der Waals surface area contributed by atoms with Crippen molar-refractivity contribution in [3.8, 4) is 0 Å². The van der Waals surface area contributed by atoms with E-state index in [1.807, 2.05) is 49.4 Å². The van der Waals surface area contributed by atoms with Crippen molar-refractivity contribution in [1.29, 1.82) is 0 Å². The second-order valence-corrected chi connectivity index (χ2v) is 7.26. The van der Waals surface area contributed by atoms with Gasteiger partial charge in [-0.3, -0.25) is 9.59 Å². The predicted molar refractivity (Wildman–Crippen MR) is 116 cm³/mol. The molecule has 2 amide bonds. The van der Waals surface area contributed by atoms with E-state index in [9.17, 15) is 9.59 Å². The molecule has 29 heavy (non-hydrogen) atoms. The second kappa shape index (κ2) is 12.2. The van der Waals surface area contributed by atoms with Crippen LogP contribution in [0.15, 0.2) is 54.6 Å². The normalized spacial score (nSPS) is 11.7. The van der Waals surface area contributed by atoms with E-state index in [1.54, 1.807) is 24.0 Å². The summed E-state index contributed by atoms with van der Waals surface area (Å²) in [6, 6.07) is 16.3. The molecule has 0 heterocycles. The number of rotatable bonds is 11. The topological polar surface area (TPSA) is 58.6 Å². The third kappa shape index (κ3) is 7.87. The summed E-state index contributed by atoms with van der Waals surface area (Å²) < 4.78 is 5.29. The number of hydrogen-bond donors (Lipinski definition) is 1. The molecule has 0 aliphatic carbocycles. The Bertz CT molecular complexity index is 765. The fraction of sp³-hybridized carbons (Fsp3) is 0.391. The highest BCUT2D eigenvalue weighted by Gasteiger charge is 2.26. The van der Waals surface area contributed by atoms with Crippen LogP contribution in [0.25, 0.3) is 0 Å². The summed E-state index contributed by atoms with van der Waals surface area (Å²) in [5.41, 5.74) is 1.84. The van der Waals surface area contributed by atoms with Gasteiger partial charge in [0.2, 0.25) is 11.8 Å². The molecule has 0 saturated heterocycles. The van der Waals surface area contributed by atoms with Crippen LogP contribution in [-0.4, -0.2) is 42.5 Å². The summed E-state index contributed by atoms with van der Waals surface area (Å²) in [6.45, 7) is 5.82. The number of ether oxygens (including phenoxy) is 1. The highest BCUT2D eigenvalue weighted by atomic mass is 35.5. The average Bonchev–Trinajstić information content (AvgIpc) is 2.73. The van der Waals surface area contributed by atoms with Crippen LogP contribution in [0.2, 0.25) is 5.02 Å². The van der Waals surface area contributed by atoms with Crippen molar-refractivity contribution in [2.75, 3.05) is 19.8 Å². The fourth-order valence-electron chi connectivity index (χ4n) is 2.92. The van der Waals surface area contributed by atoms with Crippen molar-refractivity contribution in [2.45, 2.75) is 39.3 Å². The Morgan fingerprint density at radius 1 is 1.07 bits per heavy atom. The second-order valence-electron chi connectivity index (χ2n) is 6.83. The highest BCUT2D eigenvalue weighted by molar-refractivity contribution is 6.30. The summed E-state index contributed by atoms with van der Waals surface area (Å²) in [4.78, 5) is 27.3. The fourth-order valence-corrected chi connectivity index (χ4v) is 3.05. The summed E-state index contributed by atoms with van der Waals surface area (Å²) in [7, 11) is 0. The van der Waals surface area contributed by atoms with Gasteiger partial charge in [-0.15, -0.1) is 0 Å². The van der Waals surface area contributed by atoms with E-state index < -0.39 is 6.04 Å². The largest absolute Gasteiger partial charge is 0.382 e. The number of benzene rings is 2. The molecule has 0 aliphatic rings. The molecule has 5 nitrogen and oxygen atoms in total. The molecule has 1 atom stereocenters.